The summed E-state index contributed by atoms with van der Waals surface area (Å²) in [4.78, 5) is 0. The van der Waals surface area contributed by atoms with Gasteiger partial charge in [-0.25, -0.2) is 0 Å². The van der Waals surface area contributed by atoms with Crippen molar-refractivity contribution in [2.24, 2.45) is 10.9 Å². The Balaban J connectivity index is 2.86. The second-order valence-corrected chi connectivity index (χ2v) is 10.9. The van der Waals surface area contributed by atoms with Crippen molar-refractivity contribution in [3.8, 4) is 0 Å². The van der Waals surface area contributed by atoms with Crippen molar-refractivity contribution in [2.45, 2.75) is 45.8 Å². The van der Waals surface area contributed by atoms with Crippen LogP contribution in [-0.4, -0.2) is 14.2 Å². The standard InChI is InChI=1S/C14H24N2OSi/c1-11-8-7-9-12(10-11)13(15)16-17-18(5,6)14(2,3)4/h7-10H,1-6H3,(H2,15,16). The first-order chi connectivity index (χ1) is 8.13. The van der Waals surface area contributed by atoms with Crippen LogP contribution in [0.15, 0.2) is 29.4 Å². The van der Waals surface area contributed by atoms with E-state index in [4.69, 9.17) is 10.3 Å². The van der Waals surface area contributed by atoms with Crippen molar-refractivity contribution < 1.29 is 4.53 Å². The van der Waals surface area contributed by atoms with E-state index >= 15 is 0 Å². The molecule has 0 aliphatic rings. The summed E-state index contributed by atoms with van der Waals surface area (Å²) in [5, 5.41) is 4.26. The van der Waals surface area contributed by atoms with Crippen molar-refractivity contribution in [1.29, 1.82) is 0 Å². The highest BCUT2D eigenvalue weighted by Crippen LogP contribution is 2.36. The predicted octanol–water partition coefficient (Wildman–Crippen LogP) is 3.64. The van der Waals surface area contributed by atoms with E-state index in [9.17, 15) is 0 Å². The number of nitrogens with two attached hydrogens (primary N) is 1. The summed E-state index contributed by atoms with van der Waals surface area (Å²) in [5.41, 5.74) is 8.04. The second kappa shape index (κ2) is 5.14. The van der Waals surface area contributed by atoms with Gasteiger partial charge < -0.3 is 10.3 Å². The van der Waals surface area contributed by atoms with Crippen LogP contribution in [-0.2, 0) is 4.53 Å². The Labute approximate surface area is 111 Å². The summed E-state index contributed by atoms with van der Waals surface area (Å²) in [6.45, 7) is 12.9. The van der Waals surface area contributed by atoms with Crippen molar-refractivity contribution in [3.63, 3.8) is 0 Å². The largest absolute Gasteiger partial charge is 0.453 e. The molecule has 100 valence electrons. The van der Waals surface area contributed by atoms with Crippen LogP contribution in [0.25, 0.3) is 0 Å². The lowest BCUT2D eigenvalue weighted by Gasteiger charge is -2.33. The molecule has 0 atom stereocenters. The van der Waals surface area contributed by atoms with Gasteiger partial charge in [-0.05, 0) is 31.1 Å². The van der Waals surface area contributed by atoms with E-state index in [-0.39, 0.29) is 5.04 Å². The number of hydrogen-bond donors (Lipinski definition) is 1. The molecule has 0 saturated heterocycles. The highest BCUT2D eigenvalue weighted by molar-refractivity contribution is 6.74. The third-order valence-corrected chi connectivity index (χ3v) is 7.65. The van der Waals surface area contributed by atoms with E-state index in [1.807, 2.05) is 31.2 Å². The van der Waals surface area contributed by atoms with Crippen LogP contribution in [0, 0.1) is 6.92 Å². The fourth-order valence-corrected chi connectivity index (χ4v) is 1.76. The predicted molar refractivity (Wildman–Crippen MR) is 80.2 cm³/mol. The zero-order valence-electron chi connectivity index (χ0n) is 12.2. The van der Waals surface area contributed by atoms with E-state index < -0.39 is 8.32 Å². The van der Waals surface area contributed by atoms with E-state index in [2.05, 4.69) is 39.0 Å². The van der Waals surface area contributed by atoms with Gasteiger partial charge in [0.05, 0.1) is 0 Å². The van der Waals surface area contributed by atoms with Gasteiger partial charge in [-0.3, -0.25) is 0 Å². The first-order valence-electron chi connectivity index (χ1n) is 6.22. The van der Waals surface area contributed by atoms with E-state index in [1.165, 1.54) is 0 Å². The lowest BCUT2D eigenvalue weighted by Crippen LogP contribution is -2.39. The summed E-state index contributed by atoms with van der Waals surface area (Å²) >= 11 is 0. The third-order valence-electron chi connectivity index (χ3n) is 3.49. The molecule has 3 nitrogen and oxygen atoms in total. The van der Waals surface area contributed by atoms with Crippen LogP contribution >= 0.6 is 0 Å². The van der Waals surface area contributed by atoms with Crippen LogP contribution in [0.2, 0.25) is 18.1 Å². The van der Waals surface area contributed by atoms with E-state index in [0.717, 1.165) is 11.1 Å². The second-order valence-electron chi connectivity index (χ2n) is 6.20. The van der Waals surface area contributed by atoms with Crippen LogP contribution in [0.3, 0.4) is 0 Å². The third kappa shape index (κ3) is 3.60. The van der Waals surface area contributed by atoms with Crippen molar-refractivity contribution in [3.05, 3.63) is 35.4 Å². The molecule has 0 aliphatic carbocycles. The lowest BCUT2D eigenvalue weighted by molar-refractivity contribution is 0.307. The van der Waals surface area contributed by atoms with Crippen LogP contribution in [0.5, 0.6) is 0 Å². The molecule has 0 amide bonds. The molecule has 2 N–H and O–H groups in total. The Morgan fingerprint density at radius 1 is 1.28 bits per heavy atom. The molecule has 0 saturated carbocycles. The normalized spacial score (nSPS) is 13.6. The fourth-order valence-electron chi connectivity index (χ4n) is 1.16. The van der Waals surface area contributed by atoms with E-state index in [0.29, 0.717) is 5.84 Å². The number of rotatable bonds is 3. The van der Waals surface area contributed by atoms with Crippen molar-refractivity contribution in [1.82, 2.24) is 0 Å². The monoisotopic (exact) mass is 264 g/mol. The number of benzene rings is 1. The van der Waals surface area contributed by atoms with Gasteiger partial charge in [0.15, 0.2) is 5.84 Å². The summed E-state index contributed by atoms with van der Waals surface area (Å²) in [7, 11) is -1.88. The fraction of sp³-hybridized carbons (Fsp3) is 0.500. The molecule has 0 fully saturated rings. The minimum atomic E-state index is -1.88. The molecular formula is C14H24N2OSi. The molecular weight excluding hydrogens is 240 g/mol. The number of nitrogens with zero attached hydrogens (tertiary/aromatic N) is 1. The Kier molecular flexibility index (Phi) is 4.22. The zero-order valence-corrected chi connectivity index (χ0v) is 13.2. The highest BCUT2D eigenvalue weighted by atomic mass is 28.4. The molecule has 0 aromatic heterocycles. The first kappa shape index (κ1) is 14.8. The van der Waals surface area contributed by atoms with Crippen molar-refractivity contribution >= 4 is 14.2 Å². The molecule has 1 rings (SSSR count). The number of aryl methyl sites for hydroxylation is 1. The summed E-state index contributed by atoms with van der Waals surface area (Å²) in [5.74, 6) is 0.448. The molecule has 1 aromatic rings. The van der Waals surface area contributed by atoms with Crippen LogP contribution in [0.4, 0.5) is 0 Å². The lowest BCUT2D eigenvalue weighted by atomic mass is 10.1. The number of amidine groups is 1. The molecule has 0 heterocycles. The Bertz CT molecular complexity index is 447. The Hall–Kier alpha value is -1.29. The minimum absolute atomic E-state index is 0.128. The SMILES string of the molecule is Cc1cccc(/C(N)=N/O[Si](C)(C)C(C)(C)C)c1. The van der Waals surface area contributed by atoms with Gasteiger partial charge in [0, 0.05) is 5.56 Å². The highest BCUT2D eigenvalue weighted by Gasteiger charge is 2.39. The average Bonchev–Trinajstić information content (AvgIpc) is 2.24. The molecule has 0 bridgehead atoms. The average molecular weight is 264 g/mol. The molecule has 0 radical (unpaired) electrons. The van der Waals surface area contributed by atoms with Gasteiger partial charge in [0.2, 0.25) is 0 Å². The molecule has 1 aromatic carbocycles. The summed E-state index contributed by atoms with van der Waals surface area (Å²) in [6.07, 6.45) is 0. The first-order valence-corrected chi connectivity index (χ1v) is 9.13. The zero-order chi connectivity index (χ0) is 14.0. The van der Waals surface area contributed by atoms with Crippen molar-refractivity contribution in [2.75, 3.05) is 0 Å². The Morgan fingerprint density at radius 2 is 1.89 bits per heavy atom. The van der Waals surface area contributed by atoms with Gasteiger partial charge in [0.25, 0.3) is 8.32 Å². The Morgan fingerprint density at radius 3 is 2.39 bits per heavy atom. The van der Waals surface area contributed by atoms with Gasteiger partial charge in [0.1, 0.15) is 0 Å². The maximum atomic E-state index is 5.96. The molecule has 0 aliphatic heterocycles. The topological polar surface area (TPSA) is 47.6 Å². The smallest absolute Gasteiger partial charge is 0.286 e. The van der Waals surface area contributed by atoms with E-state index in [1.54, 1.807) is 0 Å². The maximum Gasteiger partial charge on any atom is 0.286 e. The number of hydrogen-bond acceptors (Lipinski definition) is 2. The molecule has 0 spiro atoms. The van der Waals surface area contributed by atoms with Gasteiger partial charge in [-0.15, -0.1) is 0 Å². The molecule has 18 heavy (non-hydrogen) atoms. The van der Waals surface area contributed by atoms with Crippen LogP contribution < -0.4 is 5.73 Å². The van der Waals surface area contributed by atoms with Gasteiger partial charge >= 0.3 is 0 Å². The molecule has 0 unspecified atom stereocenters. The van der Waals surface area contributed by atoms with Gasteiger partial charge in [-0.2, -0.15) is 0 Å². The quantitative estimate of drug-likeness (QED) is 0.392. The summed E-state index contributed by atoms with van der Waals surface area (Å²) < 4.78 is 5.75. The summed E-state index contributed by atoms with van der Waals surface area (Å²) in [6, 6.07) is 7.96. The minimum Gasteiger partial charge on any atom is -0.453 e. The maximum absolute atomic E-state index is 5.96. The van der Waals surface area contributed by atoms with Crippen LogP contribution in [0.1, 0.15) is 31.9 Å². The number of oxime groups is 1. The molecule has 4 heteroatoms. The van der Waals surface area contributed by atoms with Gasteiger partial charge in [-0.1, -0.05) is 49.7 Å².